The van der Waals surface area contributed by atoms with Crippen LogP contribution < -0.4 is 9.47 Å². The van der Waals surface area contributed by atoms with E-state index in [-0.39, 0.29) is 5.41 Å². The molecule has 3 unspecified atom stereocenters. The standard InChI is InChI=1S/C12H21NO.C8H10O2/c1-4-12(2)10(14)6-5-9-7-8-13(3)11(9)12;1-9-7-5-3-4-6-8(7)10-2/h9,11H,4-8H2,1-3H3;3-6H,1-2H3. The molecule has 0 aromatic heterocycles. The van der Waals surface area contributed by atoms with Crippen LogP contribution in [0.5, 0.6) is 11.5 Å². The maximum absolute atomic E-state index is 12.0. The molecule has 1 heterocycles. The number of fused-ring (bicyclic) bond motifs is 1. The molecule has 4 heteroatoms. The fourth-order valence-electron chi connectivity index (χ4n) is 4.30. The number of Topliss-reactive ketones (excluding diaryl/α,β-unsaturated/α-hetero) is 1. The third kappa shape index (κ3) is 3.59. The summed E-state index contributed by atoms with van der Waals surface area (Å²) in [5, 5.41) is 0. The second-order valence-corrected chi connectivity index (χ2v) is 7.06. The summed E-state index contributed by atoms with van der Waals surface area (Å²) in [5.74, 6) is 2.81. The molecule has 0 amide bonds. The quantitative estimate of drug-likeness (QED) is 0.843. The Kier molecular flexibility index (Phi) is 6.27. The predicted octanol–water partition coefficient (Wildman–Crippen LogP) is 3.79. The number of para-hydroxylation sites is 2. The van der Waals surface area contributed by atoms with E-state index in [0.29, 0.717) is 11.8 Å². The largest absolute Gasteiger partial charge is 0.493 e. The van der Waals surface area contributed by atoms with Crippen molar-refractivity contribution in [3.05, 3.63) is 24.3 Å². The summed E-state index contributed by atoms with van der Waals surface area (Å²) in [6.45, 7) is 5.51. The highest BCUT2D eigenvalue weighted by Crippen LogP contribution is 2.46. The van der Waals surface area contributed by atoms with Crippen molar-refractivity contribution in [1.82, 2.24) is 4.90 Å². The van der Waals surface area contributed by atoms with E-state index < -0.39 is 0 Å². The lowest BCUT2D eigenvalue weighted by molar-refractivity contribution is -0.135. The minimum atomic E-state index is -0.0613. The van der Waals surface area contributed by atoms with Gasteiger partial charge < -0.3 is 14.4 Å². The van der Waals surface area contributed by atoms with Crippen molar-refractivity contribution in [2.45, 2.75) is 45.6 Å². The second-order valence-electron chi connectivity index (χ2n) is 7.06. The van der Waals surface area contributed by atoms with E-state index in [9.17, 15) is 4.79 Å². The number of carbonyl (C=O) groups excluding carboxylic acids is 1. The van der Waals surface area contributed by atoms with Gasteiger partial charge in [-0.05, 0) is 50.9 Å². The van der Waals surface area contributed by atoms with E-state index in [1.807, 2.05) is 24.3 Å². The van der Waals surface area contributed by atoms with Crippen LogP contribution in [0.1, 0.15) is 39.5 Å². The number of likely N-dealkylation sites (tertiary alicyclic amines) is 1. The molecule has 2 aliphatic rings. The number of rotatable bonds is 3. The summed E-state index contributed by atoms with van der Waals surface area (Å²) < 4.78 is 10.0. The van der Waals surface area contributed by atoms with E-state index in [1.165, 1.54) is 13.0 Å². The zero-order valence-corrected chi connectivity index (χ0v) is 15.7. The number of benzene rings is 1. The third-order valence-corrected chi connectivity index (χ3v) is 5.83. The average molecular weight is 333 g/mol. The monoisotopic (exact) mass is 333 g/mol. The molecule has 4 nitrogen and oxygen atoms in total. The average Bonchev–Trinajstić information content (AvgIpc) is 3.00. The molecule has 134 valence electrons. The number of nitrogens with zero attached hydrogens (tertiary/aromatic N) is 1. The Morgan fingerprint density at radius 1 is 1.17 bits per heavy atom. The van der Waals surface area contributed by atoms with Gasteiger partial charge in [0, 0.05) is 17.9 Å². The third-order valence-electron chi connectivity index (χ3n) is 5.83. The highest BCUT2D eigenvalue weighted by atomic mass is 16.5. The van der Waals surface area contributed by atoms with Crippen LogP contribution in [0, 0.1) is 11.3 Å². The smallest absolute Gasteiger partial charge is 0.160 e. The fourth-order valence-corrected chi connectivity index (χ4v) is 4.30. The Morgan fingerprint density at radius 3 is 2.25 bits per heavy atom. The molecule has 1 aromatic rings. The van der Waals surface area contributed by atoms with Gasteiger partial charge in [-0.2, -0.15) is 0 Å². The molecule has 0 spiro atoms. The van der Waals surface area contributed by atoms with Crippen molar-refractivity contribution in [1.29, 1.82) is 0 Å². The van der Waals surface area contributed by atoms with E-state index in [1.54, 1.807) is 14.2 Å². The first-order valence-corrected chi connectivity index (χ1v) is 8.88. The molecular weight excluding hydrogens is 302 g/mol. The van der Waals surface area contributed by atoms with Crippen LogP contribution in [0.15, 0.2) is 24.3 Å². The first-order valence-electron chi connectivity index (χ1n) is 8.88. The molecule has 0 bridgehead atoms. The molecule has 1 aliphatic heterocycles. The number of carbonyl (C=O) groups is 1. The molecule has 24 heavy (non-hydrogen) atoms. The Bertz CT molecular complexity index is 537. The van der Waals surface area contributed by atoms with Gasteiger partial charge in [-0.3, -0.25) is 4.79 Å². The van der Waals surface area contributed by atoms with Gasteiger partial charge in [-0.15, -0.1) is 0 Å². The van der Waals surface area contributed by atoms with Crippen molar-refractivity contribution in [2.24, 2.45) is 11.3 Å². The minimum Gasteiger partial charge on any atom is -0.493 e. The number of hydrogen-bond donors (Lipinski definition) is 0. The van der Waals surface area contributed by atoms with Crippen LogP contribution in [0.25, 0.3) is 0 Å². The molecular formula is C20H31NO3. The predicted molar refractivity (Wildman–Crippen MR) is 96.7 cm³/mol. The summed E-state index contributed by atoms with van der Waals surface area (Å²) in [6, 6.07) is 8.05. The maximum atomic E-state index is 12.0. The first kappa shape index (κ1) is 18.8. The molecule has 1 aliphatic carbocycles. The Morgan fingerprint density at radius 2 is 1.75 bits per heavy atom. The number of ether oxygens (including phenoxy) is 2. The molecule has 0 N–H and O–H groups in total. The van der Waals surface area contributed by atoms with Crippen LogP contribution >= 0.6 is 0 Å². The fraction of sp³-hybridized carbons (Fsp3) is 0.650. The number of methoxy groups -OCH3 is 2. The Balaban J connectivity index is 0.000000185. The van der Waals surface area contributed by atoms with Crippen molar-refractivity contribution >= 4 is 5.78 Å². The summed E-state index contributed by atoms with van der Waals surface area (Å²) in [7, 11) is 5.42. The van der Waals surface area contributed by atoms with Crippen molar-refractivity contribution in [2.75, 3.05) is 27.8 Å². The van der Waals surface area contributed by atoms with Crippen LogP contribution in [0.4, 0.5) is 0 Å². The van der Waals surface area contributed by atoms with Gasteiger partial charge in [-0.1, -0.05) is 26.0 Å². The summed E-state index contributed by atoms with van der Waals surface area (Å²) in [6.07, 6.45) is 4.24. The van der Waals surface area contributed by atoms with Gasteiger partial charge in [0.2, 0.25) is 0 Å². The highest BCUT2D eigenvalue weighted by Gasteiger charge is 2.50. The second kappa shape index (κ2) is 8.02. The van der Waals surface area contributed by atoms with Gasteiger partial charge in [-0.25, -0.2) is 0 Å². The van der Waals surface area contributed by atoms with Gasteiger partial charge >= 0.3 is 0 Å². The zero-order valence-electron chi connectivity index (χ0n) is 15.7. The normalized spacial score (nSPS) is 29.5. The molecule has 0 radical (unpaired) electrons. The lowest BCUT2D eigenvalue weighted by atomic mass is 9.65. The van der Waals surface area contributed by atoms with Gasteiger partial charge in [0.25, 0.3) is 0 Å². The van der Waals surface area contributed by atoms with E-state index in [0.717, 1.165) is 36.7 Å². The molecule has 1 saturated carbocycles. The lowest BCUT2D eigenvalue weighted by Crippen LogP contribution is -2.51. The van der Waals surface area contributed by atoms with E-state index in [2.05, 4.69) is 25.8 Å². The minimum absolute atomic E-state index is 0.0613. The Hall–Kier alpha value is -1.55. The molecule has 3 rings (SSSR count). The summed E-state index contributed by atoms with van der Waals surface area (Å²) in [5.41, 5.74) is -0.0613. The van der Waals surface area contributed by atoms with Crippen LogP contribution in [0.2, 0.25) is 0 Å². The number of hydrogen-bond acceptors (Lipinski definition) is 4. The zero-order chi connectivity index (χ0) is 17.7. The van der Waals surface area contributed by atoms with Crippen LogP contribution in [-0.4, -0.2) is 44.5 Å². The number of ketones is 1. The Labute approximate surface area is 146 Å². The van der Waals surface area contributed by atoms with Crippen molar-refractivity contribution < 1.29 is 14.3 Å². The van der Waals surface area contributed by atoms with E-state index >= 15 is 0 Å². The highest BCUT2D eigenvalue weighted by molar-refractivity contribution is 5.86. The lowest BCUT2D eigenvalue weighted by Gasteiger charge is -2.44. The van der Waals surface area contributed by atoms with Crippen molar-refractivity contribution in [3.63, 3.8) is 0 Å². The first-order chi connectivity index (χ1) is 11.5. The van der Waals surface area contributed by atoms with Gasteiger partial charge in [0.1, 0.15) is 5.78 Å². The van der Waals surface area contributed by atoms with Gasteiger partial charge in [0.05, 0.1) is 14.2 Å². The maximum Gasteiger partial charge on any atom is 0.160 e. The van der Waals surface area contributed by atoms with E-state index in [4.69, 9.17) is 9.47 Å². The van der Waals surface area contributed by atoms with Crippen LogP contribution in [-0.2, 0) is 4.79 Å². The molecule has 1 aromatic carbocycles. The van der Waals surface area contributed by atoms with Crippen molar-refractivity contribution in [3.8, 4) is 11.5 Å². The topological polar surface area (TPSA) is 38.8 Å². The molecule has 2 fully saturated rings. The summed E-state index contributed by atoms with van der Waals surface area (Å²) >= 11 is 0. The van der Waals surface area contributed by atoms with Crippen LogP contribution in [0.3, 0.4) is 0 Å². The SMILES string of the molecule is CCC1(C)C(=O)CCC2CCN(C)C21.COc1ccccc1OC. The molecule has 3 atom stereocenters. The molecule has 1 saturated heterocycles. The summed E-state index contributed by atoms with van der Waals surface area (Å²) in [4.78, 5) is 14.4. The van der Waals surface area contributed by atoms with Gasteiger partial charge in [0.15, 0.2) is 11.5 Å².